The van der Waals surface area contributed by atoms with Crippen LogP contribution in [-0.4, -0.2) is 29.9 Å². The van der Waals surface area contributed by atoms with Gasteiger partial charge >= 0.3 is 5.97 Å². The fourth-order valence-corrected chi connectivity index (χ4v) is 2.82. The molecule has 0 bridgehead atoms. The van der Waals surface area contributed by atoms with Gasteiger partial charge in [0.1, 0.15) is 5.82 Å². The predicted octanol–water partition coefficient (Wildman–Crippen LogP) is 4.61. The Labute approximate surface area is 159 Å². The fourth-order valence-electron chi connectivity index (χ4n) is 2.82. The quantitative estimate of drug-likeness (QED) is 0.551. The molecule has 0 saturated carbocycles. The molecule has 0 amide bonds. The van der Waals surface area contributed by atoms with Gasteiger partial charge in [-0.1, -0.05) is 42.5 Å². The zero-order valence-electron chi connectivity index (χ0n) is 15.6. The van der Waals surface area contributed by atoms with Crippen LogP contribution in [0.25, 0.3) is 0 Å². The molecule has 0 aliphatic rings. The molecular weight excluding hydrogens is 347 g/mol. The summed E-state index contributed by atoms with van der Waals surface area (Å²) >= 11 is 0. The van der Waals surface area contributed by atoms with E-state index in [0.29, 0.717) is 32.5 Å². The molecule has 27 heavy (non-hydrogen) atoms. The topological polar surface area (TPSA) is 55.8 Å². The van der Waals surface area contributed by atoms with Crippen LogP contribution in [0, 0.1) is 5.82 Å². The lowest BCUT2D eigenvalue weighted by molar-refractivity contribution is -0.137. The smallest absolute Gasteiger partial charge is 0.303 e. The van der Waals surface area contributed by atoms with Gasteiger partial charge in [0.2, 0.25) is 0 Å². The number of carboxylic acids is 1. The second-order valence-electron chi connectivity index (χ2n) is 6.66. The van der Waals surface area contributed by atoms with Gasteiger partial charge in [-0.2, -0.15) is 0 Å². The number of hydrogen-bond donors (Lipinski definition) is 1. The molecule has 0 heterocycles. The lowest BCUT2D eigenvalue weighted by Gasteiger charge is -2.22. The number of halogens is 1. The van der Waals surface area contributed by atoms with Crippen molar-refractivity contribution in [3.63, 3.8) is 0 Å². The van der Waals surface area contributed by atoms with Crippen LogP contribution in [-0.2, 0) is 27.3 Å². The van der Waals surface area contributed by atoms with Crippen LogP contribution >= 0.6 is 0 Å². The summed E-state index contributed by atoms with van der Waals surface area (Å²) in [7, 11) is 0. The molecule has 2 aromatic rings. The largest absolute Gasteiger partial charge is 0.481 e. The molecule has 2 aromatic carbocycles. The molecule has 0 fully saturated rings. The fraction of sp³-hybridized carbons (Fsp3) is 0.409. The predicted molar refractivity (Wildman–Crippen MR) is 102 cm³/mol. The maximum Gasteiger partial charge on any atom is 0.303 e. The number of aliphatic carboxylic acids is 1. The zero-order valence-corrected chi connectivity index (χ0v) is 15.6. The molecule has 4 nitrogen and oxygen atoms in total. The van der Waals surface area contributed by atoms with Crippen molar-refractivity contribution < 1.29 is 23.8 Å². The first kappa shape index (κ1) is 21.1. The standard InChI is InChI=1S/C22H27FO4/c1-17(27-16-19-6-3-2-4-7-19)14-21(26-13-5-8-22(24)25)15-18-9-11-20(23)12-10-18/h2-4,6-7,9-12,17,21H,5,8,13-16H2,1H3,(H,24,25). The number of hydrogen-bond acceptors (Lipinski definition) is 3. The monoisotopic (exact) mass is 374 g/mol. The highest BCUT2D eigenvalue weighted by atomic mass is 19.1. The number of benzene rings is 2. The molecule has 2 rings (SSSR count). The van der Waals surface area contributed by atoms with Gasteiger partial charge in [-0.25, -0.2) is 4.39 Å². The molecule has 0 saturated heterocycles. The lowest BCUT2D eigenvalue weighted by Crippen LogP contribution is -2.24. The van der Waals surface area contributed by atoms with E-state index in [1.807, 2.05) is 37.3 Å². The Balaban J connectivity index is 1.86. The van der Waals surface area contributed by atoms with Crippen molar-refractivity contribution in [2.24, 2.45) is 0 Å². The van der Waals surface area contributed by atoms with Crippen molar-refractivity contribution in [3.8, 4) is 0 Å². The molecule has 0 radical (unpaired) electrons. The van der Waals surface area contributed by atoms with Crippen molar-refractivity contribution in [3.05, 3.63) is 71.5 Å². The van der Waals surface area contributed by atoms with E-state index in [4.69, 9.17) is 14.6 Å². The van der Waals surface area contributed by atoms with E-state index in [1.54, 1.807) is 12.1 Å². The van der Waals surface area contributed by atoms with Gasteiger partial charge in [0, 0.05) is 13.0 Å². The number of carboxylic acid groups (broad SMARTS) is 1. The first-order valence-electron chi connectivity index (χ1n) is 9.26. The van der Waals surface area contributed by atoms with Gasteiger partial charge in [-0.15, -0.1) is 0 Å². The molecule has 0 spiro atoms. The Kier molecular flexibility index (Phi) is 8.95. The number of carbonyl (C=O) groups is 1. The average Bonchev–Trinajstić information content (AvgIpc) is 2.66. The van der Waals surface area contributed by atoms with Gasteiger partial charge in [-0.3, -0.25) is 4.79 Å². The van der Waals surface area contributed by atoms with Gasteiger partial charge in [-0.05, 0) is 49.4 Å². The summed E-state index contributed by atoms with van der Waals surface area (Å²) < 4.78 is 25.0. The Hall–Kier alpha value is -2.24. The Bertz CT molecular complexity index is 672. The Morgan fingerprint density at radius 2 is 1.74 bits per heavy atom. The summed E-state index contributed by atoms with van der Waals surface area (Å²) in [4.78, 5) is 10.7. The van der Waals surface area contributed by atoms with Crippen LogP contribution in [0.5, 0.6) is 0 Å². The first-order valence-corrected chi connectivity index (χ1v) is 9.26. The summed E-state index contributed by atoms with van der Waals surface area (Å²) in [5.41, 5.74) is 2.09. The highest BCUT2D eigenvalue weighted by Gasteiger charge is 2.16. The van der Waals surface area contributed by atoms with E-state index in [1.165, 1.54) is 12.1 Å². The van der Waals surface area contributed by atoms with Gasteiger partial charge in [0.25, 0.3) is 0 Å². The SMILES string of the molecule is CC(CC(Cc1ccc(F)cc1)OCCCC(=O)O)OCc1ccccc1. The Morgan fingerprint density at radius 1 is 1.04 bits per heavy atom. The summed E-state index contributed by atoms with van der Waals surface area (Å²) in [6.45, 7) is 2.91. The minimum atomic E-state index is -0.826. The highest BCUT2D eigenvalue weighted by Crippen LogP contribution is 2.15. The van der Waals surface area contributed by atoms with Crippen LogP contribution in [0.3, 0.4) is 0 Å². The van der Waals surface area contributed by atoms with Crippen LogP contribution in [0.2, 0.25) is 0 Å². The summed E-state index contributed by atoms with van der Waals surface area (Å²) in [6, 6.07) is 16.3. The van der Waals surface area contributed by atoms with Crippen LogP contribution in [0.1, 0.15) is 37.3 Å². The van der Waals surface area contributed by atoms with E-state index < -0.39 is 5.97 Å². The minimum absolute atomic E-state index is 0.0184. The van der Waals surface area contributed by atoms with Crippen molar-refractivity contribution in [2.75, 3.05) is 6.61 Å². The van der Waals surface area contributed by atoms with E-state index in [9.17, 15) is 9.18 Å². The molecule has 2 atom stereocenters. The van der Waals surface area contributed by atoms with Crippen LogP contribution in [0.4, 0.5) is 4.39 Å². The maximum atomic E-state index is 13.1. The molecule has 0 aromatic heterocycles. The van der Waals surface area contributed by atoms with Crippen molar-refractivity contribution in [1.82, 2.24) is 0 Å². The molecule has 146 valence electrons. The second-order valence-corrected chi connectivity index (χ2v) is 6.66. The summed E-state index contributed by atoms with van der Waals surface area (Å²) in [5.74, 6) is -1.09. The third-order valence-corrected chi connectivity index (χ3v) is 4.24. The third-order valence-electron chi connectivity index (χ3n) is 4.24. The molecule has 1 N–H and O–H groups in total. The zero-order chi connectivity index (χ0) is 19.5. The molecule has 2 unspecified atom stereocenters. The van der Waals surface area contributed by atoms with Gasteiger partial charge < -0.3 is 14.6 Å². The Morgan fingerprint density at radius 3 is 2.41 bits per heavy atom. The second kappa shape index (κ2) is 11.5. The maximum absolute atomic E-state index is 13.1. The highest BCUT2D eigenvalue weighted by molar-refractivity contribution is 5.66. The summed E-state index contributed by atoms with van der Waals surface area (Å²) in [6.07, 6.45) is 1.73. The third kappa shape index (κ3) is 8.80. The number of ether oxygens (including phenoxy) is 2. The van der Waals surface area contributed by atoms with Crippen molar-refractivity contribution in [2.45, 2.75) is 51.4 Å². The van der Waals surface area contributed by atoms with Gasteiger partial charge in [0.05, 0.1) is 18.8 Å². The molecular formula is C22H27FO4. The van der Waals surface area contributed by atoms with Crippen molar-refractivity contribution >= 4 is 5.97 Å². The van der Waals surface area contributed by atoms with E-state index in [-0.39, 0.29) is 24.4 Å². The molecule has 0 aliphatic carbocycles. The van der Waals surface area contributed by atoms with E-state index >= 15 is 0 Å². The normalized spacial score (nSPS) is 13.3. The van der Waals surface area contributed by atoms with Crippen LogP contribution < -0.4 is 0 Å². The van der Waals surface area contributed by atoms with E-state index in [0.717, 1.165) is 11.1 Å². The van der Waals surface area contributed by atoms with Gasteiger partial charge in [0.15, 0.2) is 0 Å². The van der Waals surface area contributed by atoms with Crippen LogP contribution in [0.15, 0.2) is 54.6 Å². The number of rotatable bonds is 12. The molecule has 5 heteroatoms. The summed E-state index contributed by atoms with van der Waals surface area (Å²) in [5, 5.41) is 8.75. The van der Waals surface area contributed by atoms with Crippen molar-refractivity contribution in [1.29, 1.82) is 0 Å². The molecule has 0 aliphatic heterocycles. The lowest BCUT2D eigenvalue weighted by atomic mass is 10.0. The first-order chi connectivity index (χ1) is 13.0. The van der Waals surface area contributed by atoms with E-state index in [2.05, 4.69) is 0 Å². The minimum Gasteiger partial charge on any atom is -0.481 e. The average molecular weight is 374 g/mol.